The Morgan fingerprint density at radius 1 is 1.13 bits per heavy atom. The molecule has 1 N–H and O–H groups in total. The van der Waals surface area contributed by atoms with Crippen LogP contribution in [0.5, 0.6) is 0 Å². The SMILES string of the molecule is CC(=O)O[C@H]1CC=C(C)[C@@H]2CC3=C(C)C(=O)O[C@H]3/C=C(/C)C[C@@H](O)[C@H](OC(C)=O)[C@@]12C. The standard InChI is InChI=1S/C24H32O7/c1-12-9-19(27)22(30-16(5)26)24(6)18(13(2)7-8-21(24)29-15(4)25)11-17-14(3)23(28)31-20(17)10-12/h7,10,18-22,27H,8-9,11H2,1-6H3/b12-10-/t18-,19+,20-,21-,22-,24+/m0/s1. The van der Waals surface area contributed by atoms with Crippen LogP contribution in [0, 0.1) is 11.3 Å². The molecule has 6 atom stereocenters. The minimum absolute atomic E-state index is 0.232. The van der Waals surface area contributed by atoms with Crippen LogP contribution in [-0.4, -0.2) is 47.4 Å². The number of allylic oxidation sites excluding steroid dienone is 1. The summed E-state index contributed by atoms with van der Waals surface area (Å²) in [5, 5.41) is 11.2. The van der Waals surface area contributed by atoms with Crippen molar-refractivity contribution in [3.05, 3.63) is 34.4 Å². The molecule has 3 aliphatic rings. The highest BCUT2D eigenvalue weighted by Crippen LogP contribution is 2.52. The van der Waals surface area contributed by atoms with Crippen LogP contribution in [0.15, 0.2) is 34.4 Å². The average molecular weight is 433 g/mol. The van der Waals surface area contributed by atoms with Gasteiger partial charge in [-0.15, -0.1) is 0 Å². The fraction of sp³-hybridized carbons (Fsp3) is 0.625. The molecule has 1 heterocycles. The Bertz CT molecular complexity index is 880. The third-order valence-electron chi connectivity index (χ3n) is 6.97. The van der Waals surface area contributed by atoms with Crippen molar-refractivity contribution in [1.82, 2.24) is 0 Å². The first-order chi connectivity index (χ1) is 14.4. The minimum atomic E-state index is -1.01. The number of aliphatic hydroxyl groups is 1. The van der Waals surface area contributed by atoms with Crippen LogP contribution in [0.1, 0.15) is 60.8 Å². The first kappa shape index (κ1) is 23.3. The molecule has 3 rings (SSSR count). The van der Waals surface area contributed by atoms with E-state index in [0.29, 0.717) is 18.4 Å². The van der Waals surface area contributed by atoms with Gasteiger partial charge in [-0.05, 0) is 51.2 Å². The Morgan fingerprint density at radius 3 is 2.39 bits per heavy atom. The van der Waals surface area contributed by atoms with E-state index in [0.717, 1.165) is 16.7 Å². The Kier molecular flexibility index (Phi) is 6.46. The number of hydrogen-bond donors (Lipinski definition) is 1. The van der Waals surface area contributed by atoms with Gasteiger partial charge in [-0.2, -0.15) is 0 Å². The van der Waals surface area contributed by atoms with Crippen LogP contribution in [0.3, 0.4) is 0 Å². The van der Waals surface area contributed by atoms with Crippen molar-refractivity contribution in [2.24, 2.45) is 11.3 Å². The molecule has 0 bridgehead atoms. The molecule has 1 aliphatic heterocycles. The maximum Gasteiger partial charge on any atom is 0.334 e. The molecule has 7 heteroatoms. The van der Waals surface area contributed by atoms with Gasteiger partial charge in [-0.1, -0.05) is 24.1 Å². The number of ether oxygens (including phenoxy) is 3. The zero-order valence-electron chi connectivity index (χ0n) is 19.1. The lowest BCUT2D eigenvalue weighted by Gasteiger charge is -2.51. The van der Waals surface area contributed by atoms with Crippen molar-refractivity contribution in [3.63, 3.8) is 0 Å². The molecule has 0 fully saturated rings. The third-order valence-corrected chi connectivity index (χ3v) is 6.97. The second-order valence-corrected chi connectivity index (χ2v) is 9.20. The molecule has 0 aromatic carbocycles. The second-order valence-electron chi connectivity index (χ2n) is 9.20. The number of carbonyl (C=O) groups excluding carboxylic acids is 3. The van der Waals surface area contributed by atoms with Crippen LogP contribution >= 0.6 is 0 Å². The summed E-state index contributed by atoms with van der Waals surface area (Å²) >= 11 is 0. The van der Waals surface area contributed by atoms with Gasteiger partial charge in [0.1, 0.15) is 18.3 Å². The van der Waals surface area contributed by atoms with Crippen LogP contribution in [0.4, 0.5) is 0 Å². The van der Waals surface area contributed by atoms with Crippen LogP contribution in [0.25, 0.3) is 0 Å². The molecule has 0 aromatic rings. The van der Waals surface area contributed by atoms with E-state index in [2.05, 4.69) is 0 Å². The summed E-state index contributed by atoms with van der Waals surface area (Å²) in [5.74, 6) is -1.53. The van der Waals surface area contributed by atoms with Crippen molar-refractivity contribution in [3.8, 4) is 0 Å². The lowest BCUT2D eigenvalue weighted by atomic mass is 9.58. The van der Waals surface area contributed by atoms with Gasteiger partial charge in [0.05, 0.1) is 11.5 Å². The van der Waals surface area contributed by atoms with Crippen LogP contribution in [-0.2, 0) is 28.6 Å². The number of hydrogen-bond acceptors (Lipinski definition) is 7. The Hall–Kier alpha value is -2.41. The summed E-state index contributed by atoms with van der Waals surface area (Å²) in [6.07, 6.45) is 2.02. The molecule has 0 spiro atoms. The van der Waals surface area contributed by atoms with Crippen molar-refractivity contribution >= 4 is 17.9 Å². The van der Waals surface area contributed by atoms with Gasteiger partial charge in [0, 0.05) is 25.8 Å². The molecule has 0 amide bonds. The van der Waals surface area contributed by atoms with Gasteiger partial charge < -0.3 is 19.3 Å². The molecule has 0 unspecified atom stereocenters. The number of fused-ring (bicyclic) bond motifs is 2. The number of carbonyl (C=O) groups is 3. The van der Waals surface area contributed by atoms with Gasteiger partial charge >= 0.3 is 17.9 Å². The number of rotatable bonds is 2. The zero-order valence-corrected chi connectivity index (χ0v) is 19.1. The molecule has 2 aliphatic carbocycles. The monoisotopic (exact) mass is 432 g/mol. The summed E-state index contributed by atoms with van der Waals surface area (Å²) in [6, 6.07) is 0. The molecule has 0 saturated carbocycles. The van der Waals surface area contributed by atoms with E-state index in [1.54, 1.807) is 6.92 Å². The van der Waals surface area contributed by atoms with E-state index in [1.807, 2.05) is 32.9 Å². The number of esters is 3. The fourth-order valence-corrected chi connectivity index (χ4v) is 5.35. The Labute approximate surface area is 183 Å². The van der Waals surface area contributed by atoms with Crippen molar-refractivity contribution in [2.45, 2.75) is 85.2 Å². The first-order valence-electron chi connectivity index (χ1n) is 10.7. The largest absolute Gasteiger partial charge is 0.461 e. The Morgan fingerprint density at radius 2 is 1.77 bits per heavy atom. The van der Waals surface area contributed by atoms with E-state index in [9.17, 15) is 19.5 Å². The maximum atomic E-state index is 12.3. The van der Waals surface area contributed by atoms with Gasteiger partial charge in [-0.25, -0.2) is 4.79 Å². The summed E-state index contributed by atoms with van der Waals surface area (Å²) in [5.41, 5.74) is 2.40. The third kappa shape index (κ3) is 4.33. The van der Waals surface area contributed by atoms with E-state index >= 15 is 0 Å². The lowest BCUT2D eigenvalue weighted by Crippen LogP contribution is -2.57. The smallest absolute Gasteiger partial charge is 0.334 e. The van der Waals surface area contributed by atoms with Gasteiger partial charge in [0.2, 0.25) is 0 Å². The van der Waals surface area contributed by atoms with Crippen LogP contribution < -0.4 is 0 Å². The molecule has 0 saturated heterocycles. The van der Waals surface area contributed by atoms with Crippen LogP contribution in [0.2, 0.25) is 0 Å². The van der Waals surface area contributed by atoms with Gasteiger partial charge in [-0.3, -0.25) is 9.59 Å². The van der Waals surface area contributed by atoms with E-state index < -0.39 is 41.8 Å². The predicted octanol–water partition coefficient (Wildman–Crippen LogP) is 3.17. The molecular formula is C24H32O7. The van der Waals surface area contributed by atoms with Crippen molar-refractivity contribution in [2.75, 3.05) is 0 Å². The summed E-state index contributed by atoms with van der Waals surface area (Å²) < 4.78 is 17.0. The summed E-state index contributed by atoms with van der Waals surface area (Å²) in [7, 11) is 0. The molecule has 0 aromatic heterocycles. The summed E-state index contributed by atoms with van der Waals surface area (Å²) in [6.45, 7) is 10.2. The highest BCUT2D eigenvalue weighted by atomic mass is 16.6. The van der Waals surface area contributed by atoms with Gasteiger partial charge in [0.25, 0.3) is 0 Å². The topological polar surface area (TPSA) is 99.1 Å². The minimum Gasteiger partial charge on any atom is -0.461 e. The second kappa shape index (κ2) is 8.61. The van der Waals surface area contributed by atoms with E-state index in [-0.39, 0.29) is 18.3 Å². The maximum absolute atomic E-state index is 12.3. The van der Waals surface area contributed by atoms with Gasteiger partial charge in [0.15, 0.2) is 0 Å². The highest BCUT2D eigenvalue weighted by Gasteiger charge is 2.56. The van der Waals surface area contributed by atoms with Crippen molar-refractivity contribution < 1.29 is 33.7 Å². The number of aliphatic hydroxyl groups excluding tert-OH is 1. The van der Waals surface area contributed by atoms with E-state index in [4.69, 9.17) is 14.2 Å². The van der Waals surface area contributed by atoms with Crippen molar-refractivity contribution in [1.29, 1.82) is 0 Å². The molecule has 7 nitrogen and oxygen atoms in total. The average Bonchev–Trinajstić information content (AvgIpc) is 2.91. The zero-order chi connectivity index (χ0) is 23.1. The lowest BCUT2D eigenvalue weighted by molar-refractivity contribution is -0.192. The molecular weight excluding hydrogens is 400 g/mol. The quantitative estimate of drug-likeness (QED) is 0.406. The normalized spacial score (nSPS) is 37.5. The molecule has 31 heavy (non-hydrogen) atoms. The molecule has 0 radical (unpaired) electrons. The van der Waals surface area contributed by atoms with E-state index in [1.165, 1.54) is 13.8 Å². The fourth-order valence-electron chi connectivity index (χ4n) is 5.35. The first-order valence-corrected chi connectivity index (χ1v) is 10.7. The molecule has 170 valence electrons. The predicted molar refractivity (Wildman–Crippen MR) is 113 cm³/mol. The Balaban J connectivity index is 2.22. The summed E-state index contributed by atoms with van der Waals surface area (Å²) in [4.78, 5) is 36.3. The highest BCUT2D eigenvalue weighted by molar-refractivity contribution is 5.92.